The second kappa shape index (κ2) is 5.96. The van der Waals surface area contributed by atoms with Crippen LogP contribution in [0.4, 0.5) is 5.82 Å². The van der Waals surface area contributed by atoms with Gasteiger partial charge in [-0.3, -0.25) is 4.90 Å². The molecule has 3 aromatic rings. The minimum atomic E-state index is 0.800. The first-order chi connectivity index (χ1) is 11.3. The molecule has 0 amide bonds. The first kappa shape index (κ1) is 14.1. The van der Waals surface area contributed by atoms with Gasteiger partial charge in [0, 0.05) is 32.7 Å². The molecule has 0 unspecified atom stereocenters. The van der Waals surface area contributed by atoms with Gasteiger partial charge in [0.15, 0.2) is 11.5 Å². The van der Waals surface area contributed by atoms with E-state index in [1.165, 1.54) is 5.56 Å². The van der Waals surface area contributed by atoms with Crippen LogP contribution in [0, 0.1) is 6.92 Å². The SMILES string of the molecule is Cc1nnc2ccc(N3CCN(Cc4ccccc4)CC3)nn12. The lowest BCUT2D eigenvalue weighted by atomic mass is 10.2. The van der Waals surface area contributed by atoms with Crippen molar-refractivity contribution in [2.75, 3.05) is 31.1 Å². The van der Waals surface area contributed by atoms with Gasteiger partial charge in [0.25, 0.3) is 0 Å². The number of rotatable bonds is 3. The van der Waals surface area contributed by atoms with E-state index in [9.17, 15) is 0 Å². The summed E-state index contributed by atoms with van der Waals surface area (Å²) in [6.45, 7) is 7.03. The maximum Gasteiger partial charge on any atom is 0.178 e. The van der Waals surface area contributed by atoms with Crippen LogP contribution in [0.5, 0.6) is 0 Å². The first-order valence-corrected chi connectivity index (χ1v) is 8.00. The zero-order chi connectivity index (χ0) is 15.6. The average molecular weight is 308 g/mol. The molecule has 0 N–H and O–H groups in total. The highest BCUT2D eigenvalue weighted by Gasteiger charge is 2.18. The molecular weight excluding hydrogens is 288 g/mol. The highest BCUT2D eigenvalue weighted by Crippen LogP contribution is 2.16. The molecule has 2 aromatic heterocycles. The number of piperazine rings is 1. The number of nitrogens with zero attached hydrogens (tertiary/aromatic N) is 6. The van der Waals surface area contributed by atoms with Crippen molar-refractivity contribution in [3.63, 3.8) is 0 Å². The quantitative estimate of drug-likeness (QED) is 0.738. The van der Waals surface area contributed by atoms with E-state index < -0.39 is 0 Å². The van der Waals surface area contributed by atoms with E-state index >= 15 is 0 Å². The van der Waals surface area contributed by atoms with Gasteiger partial charge in [-0.1, -0.05) is 30.3 Å². The van der Waals surface area contributed by atoms with E-state index in [0.29, 0.717) is 0 Å². The standard InChI is InChI=1S/C17H20N6/c1-14-18-19-16-7-8-17(20-23(14)16)22-11-9-21(10-12-22)13-15-5-3-2-4-6-15/h2-8H,9-13H2,1H3. The minimum absolute atomic E-state index is 0.800. The van der Waals surface area contributed by atoms with E-state index in [4.69, 9.17) is 0 Å². The van der Waals surface area contributed by atoms with Gasteiger partial charge in [0.05, 0.1) is 0 Å². The van der Waals surface area contributed by atoms with Gasteiger partial charge in [-0.2, -0.15) is 4.52 Å². The fraction of sp³-hybridized carbons (Fsp3) is 0.353. The second-order valence-corrected chi connectivity index (χ2v) is 5.96. The second-order valence-electron chi connectivity index (χ2n) is 5.96. The van der Waals surface area contributed by atoms with E-state index in [2.05, 4.69) is 55.4 Å². The molecule has 6 heteroatoms. The molecule has 118 valence electrons. The molecule has 0 aliphatic carbocycles. The molecule has 1 saturated heterocycles. The van der Waals surface area contributed by atoms with Crippen molar-refractivity contribution in [3.05, 3.63) is 53.9 Å². The Morgan fingerprint density at radius 1 is 0.913 bits per heavy atom. The molecule has 0 radical (unpaired) electrons. The molecule has 1 aliphatic rings. The van der Waals surface area contributed by atoms with Crippen molar-refractivity contribution in [3.8, 4) is 0 Å². The number of aryl methyl sites for hydroxylation is 1. The van der Waals surface area contributed by atoms with E-state index in [0.717, 1.165) is 50.0 Å². The fourth-order valence-electron chi connectivity index (χ4n) is 3.03. The number of hydrogen-bond acceptors (Lipinski definition) is 5. The van der Waals surface area contributed by atoms with Gasteiger partial charge >= 0.3 is 0 Å². The Morgan fingerprint density at radius 2 is 1.70 bits per heavy atom. The monoisotopic (exact) mass is 308 g/mol. The Bertz CT molecular complexity index is 789. The summed E-state index contributed by atoms with van der Waals surface area (Å²) in [6, 6.07) is 14.7. The van der Waals surface area contributed by atoms with Crippen LogP contribution in [0.2, 0.25) is 0 Å². The lowest BCUT2D eigenvalue weighted by Gasteiger charge is -2.35. The number of anilines is 1. The predicted molar refractivity (Wildman–Crippen MR) is 89.5 cm³/mol. The van der Waals surface area contributed by atoms with Crippen LogP contribution in [0.3, 0.4) is 0 Å². The lowest BCUT2D eigenvalue weighted by molar-refractivity contribution is 0.249. The Hall–Kier alpha value is -2.47. The molecule has 4 rings (SSSR count). The van der Waals surface area contributed by atoms with Crippen LogP contribution >= 0.6 is 0 Å². The van der Waals surface area contributed by atoms with Crippen LogP contribution in [0.25, 0.3) is 5.65 Å². The summed E-state index contributed by atoms with van der Waals surface area (Å²) < 4.78 is 1.81. The Balaban J connectivity index is 1.43. The van der Waals surface area contributed by atoms with Gasteiger partial charge in [-0.25, -0.2) is 0 Å². The Labute approximate surface area is 135 Å². The van der Waals surface area contributed by atoms with Crippen LogP contribution in [-0.2, 0) is 6.54 Å². The molecule has 0 bridgehead atoms. The van der Waals surface area contributed by atoms with Crippen molar-refractivity contribution in [1.82, 2.24) is 24.7 Å². The van der Waals surface area contributed by atoms with Crippen molar-refractivity contribution in [1.29, 1.82) is 0 Å². The molecule has 1 aliphatic heterocycles. The third-order valence-electron chi connectivity index (χ3n) is 4.35. The molecule has 23 heavy (non-hydrogen) atoms. The van der Waals surface area contributed by atoms with Gasteiger partial charge in [0.1, 0.15) is 5.82 Å². The molecule has 0 saturated carbocycles. The van der Waals surface area contributed by atoms with Gasteiger partial charge in [0.2, 0.25) is 0 Å². The van der Waals surface area contributed by atoms with Crippen LogP contribution in [-0.4, -0.2) is 50.9 Å². The van der Waals surface area contributed by atoms with E-state index in [-0.39, 0.29) is 0 Å². The number of hydrogen-bond donors (Lipinski definition) is 0. The molecule has 1 aromatic carbocycles. The molecular formula is C17H20N6. The summed E-state index contributed by atoms with van der Waals surface area (Å²) in [5.74, 6) is 1.82. The lowest BCUT2D eigenvalue weighted by Crippen LogP contribution is -2.46. The molecule has 0 spiro atoms. The van der Waals surface area contributed by atoms with Gasteiger partial charge in [-0.15, -0.1) is 15.3 Å². The highest BCUT2D eigenvalue weighted by molar-refractivity contribution is 5.46. The zero-order valence-corrected chi connectivity index (χ0v) is 13.3. The van der Waals surface area contributed by atoms with Crippen molar-refractivity contribution >= 4 is 11.5 Å². The van der Waals surface area contributed by atoms with Crippen LogP contribution < -0.4 is 4.90 Å². The zero-order valence-electron chi connectivity index (χ0n) is 13.3. The highest BCUT2D eigenvalue weighted by atomic mass is 15.4. The van der Waals surface area contributed by atoms with Crippen LogP contribution in [0.15, 0.2) is 42.5 Å². The summed E-state index contributed by atoms with van der Waals surface area (Å²) in [4.78, 5) is 4.83. The Morgan fingerprint density at radius 3 is 2.48 bits per heavy atom. The molecule has 3 heterocycles. The van der Waals surface area contributed by atoms with Crippen LogP contribution in [0.1, 0.15) is 11.4 Å². The topological polar surface area (TPSA) is 49.6 Å². The smallest absolute Gasteiger partial charge is 0.178 e. The first-order valence-electron chi connectivity index (χ1n) is 8.00. The van der Waals surface area contributed by atoms with Gasteiger partial charge < -0.3 is 4.90 Å². The maximum absolute atomic E-state index is 4.67. The van der Waals surface area contributed by atoms with Crippen molar-refractivity contribution in [2.24, 2.45) is 0 Å². The normalized spacial score (nSPS) is 16.1. The van der Waals surface area contributed by atoms with E-state index in [1.54, 1.807) is 0 Å². The average Bonchev–Trinajstić information content (AvgIpc) is 2.97. The van der Waals surface area contributed by atoms with Gasteiger partial charge in [-0.05, 0) is 24.6 Å². The molecule has 1 fully saturated rings. The minimum Gasteiger partial charge on any atom is -0.353 e. The maximum atomic E-state index is 4.67. The third kappa shape index (κ3) is 2.90. The fourth-order valence-corrected chi connectivity index (χ4v) is 3.03. The predicted octanol–water partition coefficient (Wildman–Crippen LogP) is 1.75. The summed E-state index contributed by atoms with van der Waals surface area (Å²) in [5, 5.41) is 12.8. The number of benzene rings is 1. The molecule has 6 nitrogen and oxygen atoms in total. The van der Waals surface area contributed by atoms with E-state index in [1.807, 2.05) is 23.6 Å². The summed E-state index contributed by atoms with van der Waals surface area (Å²) >= 11 is 0. The number of fused-ring (bicyclic) bond motifs is 1. The van der Waals surface area contributed by atoms with Crippen molar-refractivity contribution < 1.29 is 0 Å². The summed E-state index contributed by atoms with van der Waals surface area (Å²) in [5.41, 5.74) is 2.18. The Kier molecular flexibility index (Phi) is 3.67. The third-order valence-corrected chi connectivity index (χ3v) is 4.35. The summed E-state index contributed by atoms with van der Waals surface area (Å²) in [7, 11) is 0. The largest absolute Gasteiger partial charge is 0.353 e. The number of aromatic nitrogens is 4. The summed E-state index contributed by atoms with van der Waals surface area (Å²) in [6.07, 6.45) is 0. The molecule has 0 atom stereocenters. The van der Waals surface area contributed by atoms with Crippen molar-refractivity contribution in [2.45, 2.75) is 13.5 Å².